The van der Waals surface area contributed by atoms with Gasteiger partial charge in [-0.05, 0) is 12.1 Å². The largest absolute Gasteiger partial charge is 0.487 e. The first-order valence-electron chi connectivity index (χ1n) is 10.1. The molecule has 12 nitrogen and oxygen atoms in total. The summed E-state index contributed by atoms with van der Waals surface area (Å²) in [6, 6.07) is 3.48. The molecule has 2 N–H and O–H groups in total. The highest BCUT2D eigenvalue weighted by Crippen LogP contribution is 2.28. The minimum absolute atomic E-state index is 0.0639. The smallest absolute Gasteiger partial charge is 0.421 e. The van der Waals surface area contributed by atoms with Crippen LogP contribution in [0.1, 0.15) is 5.56 Å². The molecule has 37 heavy (non-hydrogen) atoms. The second-order valence-electron chi connectivity index (χ2n) is 7.42. The van der Waals surface area contributed by atoms with Crippen LogP contribution in [0, 0.1) is 17.5 Å². The molecule has 3 heterocycles. The standard InChI is InChI=1S/C21H16F3N5O7S/c1-28-15-6-11(8-25-18(15)29(20(28)30)21(31)32)36-9-12-13(23)3-4-14(17(12)24)27-37(33,34)16-5-10(22)7-26-19(16)35-2/h3-8,27H,9H2,1-2H3,(H,31,32). The molecule has 0 saturated carbocycles. The second kappa shape index (κ2) is 9.45. The number of hydrogen-bond donors (Lipinski definition) is 2. The molecule has 0 fully saturated rings. The maximum atomic E-state index is 15.1. The van der Waals surface area contributed by atoms with Crippen LogP contribution in [0.15, 0.2) is 46.3 Å². The molecule has 4 rings (SSSR count). The molecule has 0 saturated heterocycles. The van der Waals surface area contributed by atoms with Gasteiger partial charge in [0.1, 0.15) is 24.0 Å². The predicted molar refractivity (Wildman–Crippen MR) is 121 cm³/mol. The molecule has 0 amide bonds. The normalized spacial score (nSPS) is 11.5. The molecule has 0 aliphatic rings. The summed E-state index contributed by atoms with van der Waals surface area (Å²) >= 11 is 0. The number of anilines is 1. The first kappa shape index (κ1) is 25.5. The number of aryl methyl sites for hydroxylation is 1. The van der Waals surface area contributed by atoms with Crippen molar-refractivity contribution in [1.29, 1.82) is 0 Å². The molecule has 194 valence electrons. The Balaban J connectivity index is 1.63. The van der Waals surface area contributed by atoms with Crippen LogP contribution < -0.4 is 19.9 Å². The monoisotopic (exact) mass is 539 g/mol. The number of nitrogens with zero attached hydrogens (tertiary/aromatic N) is 4. The first-order valence-corrected chi connectivity index (χ1v) is 11.6. The van der Waals surface area contributed by atoms with Gasteiger partial charge in [-0.3, -0.25) is 9.29 Å². The Bertz CT molecular complexity index is 1720. The van der Waals surface area contributed by atoms with E-state index < -0.39 is 67.9 Å². The van der Waals surface area contributed by atoms with Crippen molar-refractivity contribution in [3.8, 4) is 11.6 Å². The van der Waals surface area contributed by atoms with Crippen molar-refractivity contribution in [2.24, 2.45) is 7.05 Å². The molecule has 0 unspecified atom stereocenters. The van der Waals surface area contributed by atoms with Crippen LogP contribution >= 0.6 is 0 Å². The van der Waals surface area contributed by atoms with E-state index in [0.29, 0.717) is 10.6 Å². The highest BCUT2D eigenvalue weighted by molar-refractivity contribution is 7.92. The first-order chi connectivity index (χ1) is 17.4. The molecule has 0 radical (unpaired) electrons. The van der Waals surface area contributed by atoms with Crippen LogP contribution in [-0.4, -0.2) is 45.8 Å². The lowest BCUT2D eigenvalue weighted by atomic mass is 10.2. The number of benzene rings is 1. The van der Waals surface area contributed by atoms with Gasteiger partial charge < -0.3 is 14.6 Å². The maximum Gasteiger partial charge on any atom is 0.421 e. The van der Waals surface area contributed by atoms with Crippen molar-refractivity contribution < 1.29 is 41.0 Å². The van der Waals surface area contributed by atoms with Crippen LogP contribution in [0.3, 0.4) is 0 Å². The molecule has 1 aromatic carbocycles. The third-order valence-electron chi connectivity index (χ3n) is 5.15. The van der Waals surface area contributed by atoms with Gasteiger partial charge >= 0.3 is 11.8 Å². The van der Waals surface area contributed by atoms with Crippen LogP contribution in [0.2, 0.25) is 0 Å². The number of aromatic nitrogens is 4. The fraction of sp³-hybridized carbons (Fsp3) is 0.143. The maximum absolute atomic E-state index is 15.1. The van der Waals surface area contributed by atoms with Gasteiger partial charge in [0.25, 0.3) is 10.0 Å². The summed E-state index contributed by atoms with van der Waals surface area (Å²) in [5.74, 6) is -3.88. The number of ether oxygens (including phenoxy) is 2. The Morgan fingerprint density at radius 1 is 1.16 bits per heavy atom. The Morgan fingerprint density at radius 3 is 2.57 bits per heavy atom. The fourth-order valence-corrected chi connectivity index (χ4v) is 4.55. The van der Waals surface area contributed by atoms with E-state index in [1.807, 2.05) is 4.72 Å². The number of rotatable bonds is 7. The van der Waals surface area contributed by atoms with E-state index in [4.69, 9.17) is 9.47 Å². The average molecular weight is 539 g/mol. The molecular formula is C21H16F3N5O7S. The molecular weight excluding hydrogens is 523 g/mol. The number of pyridine rings is 2. The van der Waals surface area contributed by atoms with E-state index in [9.17, 15) is 31.9 Å². The van der Waals surface area contributed by atoms with Crippen molar-refractivity contribution >= 4 is 33.0 Å². The predicted octanol–water partition coefficient (Wildman–Crippen LogP) is 2.46. The lowest BCUT2D eigenvalue weighted by Gasteiger charge is -2.14. The lowest BCUT2D eigenvalue weighted by molar-refractivity contribution is 0.196. The topological polar surface area (TPSA) is 155 Å². The Kier molecular flexibility index (Phi) is 6.51. The summed E-state index contributed by atoms with van der Waals surface area (Å²) in [5.41, 5.74) is -2.31. The van der Waals surface area contributed by atoms with Gasteiger partial charge in [0, 0.05) is 19.2 Å². The lowest BCUT2D eigenvalue weighted by Crippen LogP contribution is -2.26. The van der Waals surface area contributed by atoms with E-state index in [1.165, 1.54) is 13.1 Å². The van der Waals surface area contributed by atoms with E-state index in [2.05, 4.69) is 9.97 Å². The highest BCUT2D eigenvalue weighted by Gasteiger charge is 2.25. The molecule has 4 aromatic rings. The molecule has 0 bridgehead atoms. The number of sulfonamides is 1. The van der Waals surface area contributed by atoms with Gasteiger partial charge in [-0.1, -0.05) is 0 Å². The Hall–Kier alpha value is -4.60. The van der Waals surface area contributed by atoms with E-state index in [1.54, 1.807) is 0 Å². The zero-order valence-electron chi connectivity index (χ0n) is 18.9. The van der Waals surface area contributed by atoms with Crippen molar-refractivity contribution in [1.82, 2.24) is 19.1 Å². The van der Waals surface area contributed by atoms with E-state index in [0.717, 1.165) is 36.2 Å². The fourth-order valence-electron chi connectivity index (χ4n) is 3.36. The van der Waals surface area contributed by atoms with Crippen LogP contribution in [0.25, 0.3) is 11.2 Å². The third kappa shape index (κ3) is 4.65. The number of hydrogen-bond acceptors (Lipinski definition) is 8. The van der Waals surface area contributed by atoms with Crippen LogP contribution in [0.5, 0.6) is 11.6 Å². The number of fused-ring (bicyclic) bond motifs is 1. The molecule has 3 aromatic heterocycles. The number of methoxy groups -OCH3 is 1. The van der Waals surface area contributed by atoms with Gasteiger partial charge in [-0.15, -0.1) is 0 Å². The number of carbonyl (C=O) groups is 1. The van der Waals surface area contributed by atoms with Crippen molar-refractivity contribution in [3.05, 3.63) is 70.2 Å². The van der Waals surface area contributed by atoms with E-state index in [-0.39, 0.29) is 16.9 Å². The molecule has 16 heteroatoms. The minimum atomic E-state index is -4.61. The summed E-state index contributed by atoms with van der Waals surface area (Å²) in [7, 11) is -2.20. The van der Waals surface area contributed by atoms with Gasteiger partial charge in [0.15, 0.2) is 16.4 Å². The number of nitrogens with one attached hydrogen (secondary N) is 1. The molecule has 0 spiro atoms. The van der Waals surface area contributed by atoms with Crippen molar-refractivity contribution in [3.63, 3.8) is 0 Å². The number of carboxylic acid groups (broad SMARTS) is 1. The highest BCUT2D eigenvalue weighted by atomic mass is 32.2. The van der Waals surface area contributed by atoms with Crippen molar-refractivity contribution in [2.45, 2.75) is 11.5 Å². The Morgan fingerprint density at radius 2 is 1.89 bits per heavy atom. The second-order valence-corrected chi connectivity index (χ2v) is 9.07. The molecule has 0 aliphatic carbocycles. The summed E-state index contributed by atoms with van der Waals surface area (Å²) < 4.78 is 82.1. The summed E-state index contributed by atoms with van der Waals surface area (Å²) in [6.45, 7) is -0.737. The zero-order valence-corrected chi connectivity index (χ0v) is 19.7. The average Bonchev–Trinajstić information content (AvgIpc) is 3.10. The quantitative estimate of drug-likeness (QED) is 0.360. The minimum Gasteiger partial charge on any atom is -0.487 e. The van der Waals surface area contributed by atoms with Crippen LogP contribution in [-0.2, 0) is 23.7 Å². The van der Waals surface area contributed by atoms with Crippen molar-refractivity contribution in [2.75, 3.05) is 11.8 Å². The number of halogens is 3. The molecule has 0 aliphatic heterocycles. The molecule has 0 atom stereocenters. The van der Waals surface area contributed by atoms with Gasteiger partial charge in [-0.25, -0.2) is 41.1 Å². The summed E-state index contributed by atoms with van der Waals surface area (Å²) in [6.07, 6.45) is 0.228. The Labute approximate surface area is 205 Å². The van der Waals surface area contributed by atoms with Crippen LogP contribution in [0.4, 0.5) is 23.7 Å². The van der Waals surface area contributed by atoms with Gasteiger partial charge in [-0.2, -0.15) is 4.57 Å². The summed E-state index contributed by atoms with van der Waals surface area (Å²) in [5, 5.41) is 9.20. The summed E-state index contributed by atoms with van der Waals surface area (Å²) in [4.78, 5) is 30.1. The third-order valence-corrected chi connectivity index (χ3v) is 6.51. The van der Waals surface area contributed by atoms with E-state index >= 15 is 4.39 Å². The van der Waals surface area contributed by atoms with Gasteiger partial charge in [0.2, 0.25) is 5.88 Å². The number of imidazole rings is 1. The zero-order chi connectivity index (χ0) is 27.1. The SMILES string of the molecule is COc1ncc(F)cc1S(=O)(=O)Nc1ccc(F)c(COc2cnc3c(c2)n(C)c(=O)n3C(=O)O)c1F. The van der Waals surface area contributed by atoms with Gasteiger partial charge in [0.05, 0.1) is 36.3 Å².